The molecule has 0 saturated heterocycles. The molecule has 0 nitrogen and oxygen atoms in total. The van der Waals surface area contributed by atoms with Crippen LogP contribution in [0.2, 0.25) is 0 Å². The molecule has 14 heavy (non-hydrogen) atoms. The van der Waals surface area contributed by atoms with Crippen LogP contribution in [0.4, 0.5) is 0 Å². The van der Waals surface area contributed by atoms with E-state index in [0.717, 1.165) is 12.8 Å². The maximum Gasteiger partial charge on any atom is -0.00255 e. The van der Waals surface area contributed by atoms with Crippen molar-refractivity contribution in [1.82, 2.24) is 0 Å². The molecule has 0 unspecified atom stereocenters. The Bertz CT molecular complexity index is 448. The van der Waals surface area contributed by atoms with Gasteiger partial charge in [0.2, 0.25) is 0 Å². The van der Waals surface area contributed by atoms with Gasteiger partial charge in [0.05, 0.1) is 0 Å². The van der Waals surface area contributed by atoms with Gasteiger partial charge in [-0.1, -0.05) is 48.6 Å². The Kier molecular flexibility index (Phi) is 1.66. The molecule has 0 heterocycles. The standard InChI is InChI=1S/C14H12/c1-2-5-12-8-11(4-1)9-13-6-3-7-14(13)10-12/h1-6,9-10H,7-8H2. The molecule has 0 spiro atoms. The van der Waals surface area contributed by atoms with E-state index in [2.05, 4.69) is 48.6 Å². The number of hydrogen-bond donors (Lipinski definition) is 0. The number of rotatable bonds is 0. The fourth-order valence-corrected chi connectivity index (χ4v) is 2.15. The molecule has 0 atom stereocenters. The molecule has 0 aromatic heterocycles. The SMILES string of the molecule is C1=CC=C2C=C3CC=CC3=CC(=C1)C2. The van der Waals surface area contributed by atoms with E-state index in [-0.39, 0.29) is 0 Å². The van der Waals surface area contributed by atoms with Gasteiger partial charge in [-0.15, -0.1) is 0 Å². The van der Waals surface area contributed by atoms with Gasteiger partial charge >= 0.3 is 0 Å². The van der Waals surface area contributed by atoms with Crippen LogP contribution in [0, 0.1) is 0 Å². The van der Waals surface area contributed by atoms with Crippen molar-refractivity contribution in [2.45, 2.75) is 12.8 Å². The first-order valence-corrected chi connectivity index (χ1v) is 5.07. The second-order valence-corrected chi connectivity index (χ2v) is 3.92. The Labute approximate surface area is 84.3 Å². The zero-order valence-electron chi connectivity index (χ0n) is 8.03. The highest BCUT2D eigenvalue weighted by atomic mass is 14.2. The third-order valence-corrected chi connectivity index (χ3v) is 2.85. The van der Waals surface area contributed by atoms with Crippen molar-refractivity contribution >= 4 is 0 Å². The molecule has 0 heteroatoms. The van der Waals surface area contributed by atoms with Gasteiger partial charge in [-0.25, -0.2) is 0 Å². The highest BCUT2D eigenvalue weighted by Gasteiger charge is 2.13. The molecule has 3 rings (SSSR count). The summed E-state index contributed by atoms with van der Waals surface area (Å²) < 4.78 is 0. The van der Waals surface area contributed by atoms with E-state index < -0.39 is 0 Å². The monoisotopic (exact) mass is 180 g/mol. The summed E-state index contributed by atoms with van der Waals surface area (Å²) in [6, 6.07) is 0. The zero-order valence-corrected chi connectivity index (χ0v) is 8.03. The Balaban J connectivity index is 2.18. The minimum Gasteiger partial charge on any atom is -0.0795 e. The predicted octanol–water partition coefficient (Wildman–Crippen LogP) is 3.63. The van der Waals surface area contributed by atoms with Crippen LogP contribution >= 0.6 is 0 Å². The van der Waals surface area contributed by atoms with Crippen molar-refractivity contribution in [2.24, 2.45) is 0 Å². The van der Waals surface area contributed by atoms with E-state index in [9.17, 15) is 0 Å². The summed E-state index contributed by atoms with van der Waals surface area (Å²) in [5, 5.41) is 0. The van der Waals surface area contributed by atoms with E-state index in [4.69, 9.17) is 0 Å². The second-order valence-electron chi connectivity index (χ2n) is 3.92. The van der Waals surface area contributed by atoms with Gasteiger partial charge in [0.25, 0.3) is 0 Å². The predicted molar refractivity (Wildman–Crippen MR) is 59.8 cm³/mol. The molecule has 0 N–H and O–H groups in total. The Morgan fingerprint density at radius 2 is 1.71 bits per heavy atom. The van der Waals surface area contributed by atoms with Crippen molar-refractivity contribution in [1.29, 1.82) is 0 Å². The van der Waals surface area contributed by atoms with E-state index in [1.165, 1.54) is 22.3 Å². The topological polar surface area (TPSA) is 0 Å². The number of fused-ring (bicyclic) bond motifs is 3. The first-order chi connectivity index (χ1) is 6.92. The summed E-state index contributed by atoms with van der Waals surface area (Å²) in [6.45, 7) is 0. The Hall–Kier alpha value is -1.56. The number of hydrogen-bond acceptors (Lipinski definition) is 0. The zero-order chi connectivity index (χ0) is 9.38. The quantitative estimate of drug-likeness (QED) is 0.534. The van der Waals surface area contributed by atoms with Crippen molar-refractivity contribution in [3.8, 4) is 0 Å². The molecule has 68 valence electrons. The molecule has 0 aliphatic heterocycles. The van der Waals surface area contributed by atoms with Crippen LogP contribution in [0.25, 0.3) is 0 Å². The summed E-state index contributed by atoms with van der Waals surface area (Å²) in [5.41, 5.74) is 5.71. The molecule has 0 amide bonds. The van der Waals surface area contributed by atoms with Crippen molar-refractivity contribution in [3.05, 3.63) is 70.9 Å². The Morgan fingerprint density at radius 3 is 2.57 bits per heavy atom. The minimum absolute atomic E-state index is 1.08. The summed E-state index contributed by atoms with van der Waals surface area (Å²) in [4.78, 5) is 0. The lowest BCUT2D eigenvalue weighted by molar-refractivity contribution is 1.22. The third kappa shape index (κ3) is 1.24. The third-order valence-electron chi connectivity index (χ3n) is 2.85. The van der Waals surface area contributed by atoms with Gasteiger partial charge in [-0.2, -0.15) is 0 Å². The second kappa shape index (κ2) is 2.98. The maximum atomic E-state index is 2.34. The molecule has 0 saturated carbocycles. The van der Waals surface area contributed by atoms with E-state index >= 15 is 0 Å². The molecular weight excluding hydrogens is 168 g/mol. The van der Waals surface area contributed by atoms with E-state index in [1.54, 1.807) is 0 Å². The van der Waals surface area contributed by atoms with Gasteiger partial charge in [0.1, 0.15) is 0 Å². The fourth-order valence-electron chi connectivity index (χ4n) is 2.15. The summed E-state index contributed by atoms with van der Waals surface area (Å²) in [6.07, 6.45) is 20.0. The smallest absolute Gasteiger partial charge is 0.00255 e. The van der Waals surface area contributed by atoms with Gasteiger partial charge in [0, 0.05) is 0 Å². The molecule has 0 fully saturated rings. The van der Waals surface area contributed by atoms with Crippen LogP contribution in [0.3, 0.4) is 0 Å². The van der Waals surface area contributed by atoms with Gasteiger partial charge in [-0.3, -0.25) is 0 Å². The lowest BCUT2D eigenvalue weighted by atomic mass is 10.1. The summed E-state index contributed by atoms with van der Waals surface area (Å²) in [7, 11) is 0. The van der Waals surface area contributed by atoms with Crippen LogP contribution in [0.15, 0.2) is 70.9 Å². The van der Waals surface area contributed by atoms with E-state index in [1.807, 2.05) is 0 Å². The lowest BCUT2D eigenvalue weighted by Gasteiger charge is -1.98. The van der Waals surface area contributed by atoms with Crippen LogP contribution in [-0.2, 0) is 0 Å². The van der Waals surface area contributed by atoms with Crippen LogP contribution in [0.5, 0.6) is 0 Å². The number of allylic oxidation sites excluding steroid dienone is 12. The molecule has 0 aromatic rings. The van der Waals surface area contributed by atoms with Gasteiger partial charge in [-0.05, 0) is 35.1 Å². The first-order valence-electron chi connectivity index (χ1n) is 5.07. The van der Waals surface area contributed by atoms with Gasteiger partial charge in [0.15, 0.2) is 0 Å². The average molecular weight is 180 g/mol. The molecule has 0 radical (unpaired) electrons. The molecule has 2 bridgehead atoms. The van der Waals surface area contributed by atoms with Crippen molar-refractivity contribution in [2.75, 3.05) is 0 Å². The summed E-state index contributed by atoms with van der Waals surface area (Å²) >= 11 is 0. The average Bonchev–Trinajstić information content (AvgIpc) is 2.42. The van der Waals surface area contributed by atoms with Crippen molar-refractivity contribution in [3.63, 3.8) is 0 Å². The largest absolute Gasteiger partial charge is 0.0795 e. The van der Waals surface area contributed by atoms with Crippen LogP contribution in [0.1, 0.15) is 12.8 Å². The van der Waals surface area contributed by atoms with Crippen LogP contribution < -0.4 is 0 Å². The van der Waals surface area contributed by atoms with E-state index in [0.29, 0.717) is 0 Å². The maximum absolute atomic E-state index is 2.34. The highest BCUT2D eigenvalue weighted by molar-refractivity contribution is 5.57. The summed E-state index contributed by atoms with van der Waals surface area (Å²) in [5.74, 6) is 0. The molecule has 3 aliphatic carbocycles. The normalized spacial score (nSPS) is 22.9. The lowest BCUT2D eigenvalue weighted by Crippen LogP contribution is -1.79. The molecule has 3 aliphatic rings. The van der Waals surface area contributed by atoms with Crippen molar-refractivity contribution < 1.29 is 0 Å². The molecular formula is C14H12. The Morgan fingerprint density at radius 1 is 0.929 bits per heavy atom. The highest BCUT2D eigenvalue weighted by Crippen LogP contribution is 2.32. The minimum atomic E-state index is 1.08. The molecule has 0 aromatic carbocycles. The van der Waals surface area contributed by atoms with Gasteiger partial charge < -0.3 is 0 Å². The fraction of sp³-hybridized carbons (Fsp3) is 0.143. The van der Waals surface area contributed by atoms with Crippen LogP contribution in [-0.4, -0.2) is 0 Å². The first kappa shape index (κ1) is 7.81.